The van der Waals surface area contributed by atoms with Gasteiger partial charge in [-0.3, -0.25) is 10.1 Å². The maximum absolute atomic E-state index is 11.6. The van der Waals surface area contributed by atoms with Crippen molar-refractivity contribution in [2.45, 2.75) is 51.5 Å². The van der Waals surface area contributed by atoms with Gasteiger partial charge in [0.05, 0.1) is 0 Å². The molecule has 0 spiro atoms. The number of imide groups is 1. The lowest BCUT2D eigenvalue weighted by Gasteiger charge is -2.18. The molecule has 0 heterocycles. The van der Waals surface area contributed by atoms with Crippen molar-refractivity contribution in [2.75, 3.05) is 0 Å². The summed E-state index contributed by atoms with van der Waals surface area (Å²) in [6.45, 7) is 1.67. The molecule has 0 atom stereocenters. The predicted molar refractivity (Wildman–Crippen MR) is 70.7 cm³/mol. The number of allylic oxidation sites excluding steroid dienone is 1. The molecule has 0 bridgehead atoms. The average Bonchev–Trinajstić information content (AvgIpc) is 2.57. The van der Waals surface area contributed by atoms with Crippen LogP contribution in [0, 0.1) is 11.3 Å². The molecule has 0 radical (unpaired) electrons. The number of carbonyl (C=O) groups excluding carboxylic acids is 2. The van der Waals surface area contributed by atoms with Gasteiger partial charge in [-0.05, 0) is 19.8 Å². The van der Waals surface area contributed by atoms with Gasteiger partial charge in [-0.2, -0.15) is 5.26 Å². The highest BCUT2D eigenvalue weighted by Crippen LogP contribution is 2.18. The second-order valence-electron chi connectivity index (χ2n) is 4.76. The van der Waals surface area contributed by atoms with Crippen LogP contribution >= 0.6 is 0 Å². The van der Waals surface area contributed by atoms with E-state index >= 15 is 0 Å². The lowest BCUT2D eigenvalue weighted by molar-refractivity contribution is -0.116. The van der Waals surface area contributed by atoms with Gasteiger partial charge >= 0.3 is 6.03 Å². The lowest BCUT2D eigenvalue weighted by Crippen LogP contribution is -2.37. The minimum Gasteiger partial charge on any atom is -0.385 e. The van der Waals surface area contributed by atoms with E-state index in [1.807, 2.05) is 11.4 Å². The molecule has 104 valence electrons. The van der Waals surface area contributed by atoms with Crippen molar-refractivity contribution >= 4 is 11.9 Å². The van der Waals surface area contributed by atoms with Gasteiger partial charge in [0.25, 0.3) is 5.91 Å². The first kappa shape index (κ1) is 15.0. The molecule has 1 aliphatic carbocycles. The molecule has 0 unspecified atom stereocenters. The van der Waals surface area contributed by atoms with Crippen LogP contribution < -0.4 is 16.4 Å². The third-order valence-electron chi connectivity index (χ3n) is 3.23. The van der Waals surface area contributed by atoms with E-state index in [-0.39, 0.29) is 11.6 Å². The molecule has 1 rings (SSSR count). The van der Waals surface area contributed by atoms with E-state index in [1.165, 1.54) is 12.8 Å². The zero-order chi connectivity index (χ0) is 14.3. The summed E-state index contributed by atoms with van der Waals surface area (Å²) in [5, 5.41) is 14.1. The van der Waals surface area contributed by atoms with Gasteiger partial charge in [-0.1, -0.05) is 25.7 Å². The Labute approximate surface area is 113 Å². The Morgan fingerprint density at radius 3 is 2.26 bits per heavy atom. The summed E-state index contributed by atoms with van der Waals surface area (Å²) in [5.74, 6) is -0.756. The van der Waals surface area contributed by atoms with Crippen molar-refractivity contribution < 1.29 is 9.59 Å². The SMILES string of the molecule is C/C(NC1CCCCCC1)=C(/C#N)C(=O)NC(N)=O. The minimum atomic E-state index is -0.958. The molecule has 19 heavy (non-hydrogen) atoms. The summed E-state index contributed by atoms with van der Waals surface area (Å²) in [4.78, 5) is 22.2. The van der Waals surface area contributed by atoms with Crippen molar-refractivity contribution in [3.63, 3.8) is 0 Å². The molecule has 0 aromatic carbocycles. The van der Waals surface area contributed by atoms with E-state index in [9.17, 15) is 9.59 Å². The maximum Gasteiger partial charge on any atom is 0.319 e. The second kappa shape index (κ2) is 7.41. The standard InChI is InChI=1S/C13H20N4O2/c1-9(11(8-14)12(18)17-13(15)19)16-10-6-4-2-3-5-7-10/h10,16H,2-7H2,1H3,(H3,15,17,18,19)/b11-9+. The molecule has 0 aromatic heterocycles. The summed E-state index contributed by atoms with van der Waals surface area (Å²) in [6.07, 6.45) is 6.84. The van der Waals surface area contributed by atoms with Crippen molar-refractivity contribution in [1.82, 2.24) is 10.6 Å². The van der Waals surface area contributed by atoms with Crippen LogP contribution in [0.5, 0.6) is 0 Å². The van der Waals surface area contributed by atoms with Gasteiger partial charge in [-0.25, -0.2) is 4.79 Å². The zero-order valence-electron chi connectivity index (χ0n) is 11.2. The Hall–Kier alpha value is -2.03. The maximum atomic E-state index is 11.6. The quantitative estimate of drug-likeness (QED) is 0.405. The number of nitrogens with one attached hydrogen (secondary N) is 2. The van der Waals surface area contributed by atoms with Crippen LogP contribution in [0.3, 0.4) is 0 Å². The van der Waals surface area contributed by atoms with Crippen LogP contribution in [0.25, 0.3) is 0 Å². The molecule has 0 aliphatic heterocycles. The second-order valence-corrected chi connectivity index (χ2v) is 4.76. The van der Waals surface area contributed by atoms with Gasteiger partial charge in [0.1, 0.15) is 11.6 Å². The van der Waals surface area contributed by atoms with Gasteiger partial charge < -0.3 is 11.1 Å². The first-order chi connectivity index (χ1) is 9.04. The van der Waals surface area contributed by atoms with Crippen LogP contribution in [0.2, 0.25) is 0 Å². The fourth-order valence-electron chi connectivity index (χ4n) is 2.28. The van der Waals surface area contributed by atoms with E-state index in [4.69, 9.17) is 11.0 Å². The number of amides is 3. The molecule has 6 heteroatoms. The smallest absolute Gasteiger partial charge is 0.319 e. The lowest BCUT2D eigenvalue weighted by atomic mass is 10.1. The van der Waals surface area contributed by atoms with Crippen molar-refractivity contribution in [3.8, 4) is 6.07 Å². The number of urea groups is 1. The number of carbonyl (C=O) groups is 2. The monoisotopic (exact) mass is 264 g/mol. The van der Waals surface area contributed by atoms with Crippen LogP contribution in [0.4, 0.5) is 4.79 Å². The Balaban J connectivity index is 2.71. The first-order valence-electron chi connectivity index (χ1n) is 6.53. The fourth-order valence-corrected chi connectivity index (χ4v) is 2.28. The molecule has 3 amide bonds. The van der Waals surface area contributed by atoms with Crippen molar-refractivity contribution in [2.24, 2.45) is 5.73 Å². The number of nitrogens with zero attached hydrogens (tertiary/aromatic N) is 1. The van der Waals surface area contributed by atoms with Gasteiger partial charge in [0, 0.05) is 11.7 Å². The van der Waals surface area contributed by atoms with Crippen LogP contribution in [-0.4, -0.2) is 18.0 Å². The van der Waals surface area contributed by atoms with E-state index in [0.717, 1.165) is 25.7 Å². The van der Waals surface area contributed by atoms with Crippen LogP contribution in [-0.2, 0) is 4.79 Å². The van der Waals surface area contributed by atoms with E-state index < -0.39 is 11.9 Å². The number of hydrogen-bond acceptors (Lipinski definition) is 4. The molecule has 6 nitrogen and oxygen atoms in total. The summed E-state index contributed by atoms with van der Waals surface area (Å²) in [6, 6.07) is 1.14. The number of primary amides is 1. The van der Waals surface area contributed by atoms with Crippen LogP contribution in [0.15, 0.2) is 11.3 Å². The molecule has 1 aliphatic rings. The van der Waals surface area contributed by atoms with Gasteiger partial charge in [-0.15, -0.1) is 0 Å². The Bertz CT molecular complexity index is 415. The van der Waals surface area contributed by atoms with E-state index in [0.29, 0.717) is 5.70 Å². The molecule has 1 saturated carbocycles. The topological polar surface area (TPSA) is 108 Å². The number of hydrogen-bond donors (Lipinski definition) is 3. The first-order valence-corrected chi connectivity index (χ1v) is 6.53. The molecular weight excluding hydrogens is 244 g/mol. The highest BCUT2D eigenvalue weighted by molar-refractivity contribution is 6.06. The van der Waals surface area contributed by atoms with Crippen molar-refractivity contribution in [1.29, 1.82) is 5.26 Å². The highest BCUT2D eigenvalue weighted by Gasteiger charge is 2.17. The van der Waals surface area contributed by atoms with Gasteiger partial charge in [0.15, 0.2) is 0 Å². The zero-order valence-corrected chi connectivity index (χ0v) is 11.2. The van der Waals surface area contributed by atoms with E-state index in [1.54, 1.807) is 6.92 Å². The van der Waals surface area contributed by atoms with Gasteiger partial charge in [0.2, 0.25) is 0 Å². The number of nitrogens with two attached hydrogens (primary N) is 1. The number of nitriles is 1. The molecule has 0 saturated heterocycles. The third kappa shape index (κ3) is 5.00. The Morgan fingerprint density at radius 2 is 1.79 bits per heavy atom. The molecular formula is C13H20N4O2. The summed E-state index contributed by atoms with van der Waals surface area (Å²) < 4.78 is 0. The third-order valence-corrected chi connectivity index (χ3v) is 3.23. The summed E-state index contributed by atoms with van der Waals surface area (Å²) >= 11 is 0. The largest absolute Gasteiger partial charge is 0.385 e. The molecule has 4 N–H and O–H groups in total. The Kier molecular flexibility index (Phi) is 5.86. The molecule has 1 fully saturated rings. The normalized spacial score (nSPS) is 17.7. The Morgan fingerprint density at radius 1 is 1.21 bits per heavy atom. The summed E-state index contributed by atoms with van der Waals surface area (Å²) in [5.41, 5.74) is 5.27. The van der Waals surface area contributed by atoms with E-state index in [2.05, 4.69) is 5.32 Å². The van der Waals surface area contributed by atoms with Crippen LogP contribution in [0.1, 0.15) is 45.4 Å². The minimum absolute atomic E-state index is 0.0944. The highest BCUT2D eigenvalue weighted by atomic mass is 16.2. The van der Waals surface area contributed by atoms with Crippen molar-refractivity contribution in [3.05, 3.63) is 11.3 Å². The number of rotatable bonds is 3. The fraction of sp³-hybridized carbons (Fsp3) is 0.615. The molecule has 0 aromatic rings. The predicted octanol–water partition coefficient (Wildman–Crippen LogP) is 1.29. The summed E-state index contributed by atoms with van der Waals surface area (Å²) in [7, 11) is 0. The average molecular weight is 264 g/mol.